The number of nitrogens with two attached hydrogens (primary N) is 2. The van der Waals surface area contributed by atoms with Crippen LogP contribution in [0.25, 0.3) is 0 Å². The SMILES string of the molecule is N[C@@H]1CCN(C(=O)CC2(N)CCC2)C1. The molecule has 0 aromatic carbocycles. The first-order chi connectivity index (χ1) is 6.59. The predicted molar refractivity (Wildman–Crippen MR) is 54.6 cm³/mol. The number of hydrogen-bond acceptors (Lipinski definition) is 3. The zero-order valence-corrected chi connectivity index (χ0v) is 8.54. The Morgan fingerprint density at radius 2 is 2.21 bits per heavy atom. The van der Waals surface area contributed by atoms with Crippen LogP contribution in [0.1, 0.15) is 32.1 Å². The van der Waals surface area contributed by atoms with Crippen molar-refractivity contribution in [1.29, 1.82) is 0 Å². The monoisotopic (exact) mass is 197 g/mol. The van der Waals surface area contributed by atoms with E-state index in [1.165, 1.54) is 6.42 Å². The maximum absolute atomic E-state index is 11.8. The van der Waals surface area contributed by atoms with Gasteiger partial charge in [-0.15, -0.1) is 0 Å². The molecule has 14 heavy (non-hydrogen) atoms. The van der Waals surface area contributed by atoms with Crippen LogP contribution in [0.2, 0.25) is 0 Å². The number of amides is 1. The van der Waals surface area contributed by atoms with Gasteiger partial charge in [-0.25, -0.2) is 0 Å². The van der Waals surface area contributed by atoms with Gasteiger partial charge in [0.1, 0.15) is 0 Å². The van der Waals surface area contributed by atoms with Crippen LogP contribution >= 0.6 is 0 Å². The van der Waals surface area contributed by atoms with Gasteiger partial charge in [-0.3, -0.25) is 4.79 Å². The minimum absolute atomic E-state index is 0.175. The number of carbonyl (C=O) groups is 1. The Labute approximate surface area is 84.6 Å². The van der Waals surface area contributed by atoms with Crippen molar-refractivity contribution in [2.24, 2.45) is 11.5 Å². The standard InChI is InChI=1S/C10H19N3O/c11-8-2-5-13(7-8)9(14)6-10(12)3-1-4-10/h8H,1-7,11-12H2/t8-/m1/s1. The Morgan fingerprint density at radius 3 is 2.64 bits per heavy atom. The topological polar surface area (TPSA) is 72.3 Å². The lowest BCUT2D eigenvalue weighted by Crippen LogP contribution is -2.50. The summed E-state index contributed by atoms with van der Waals surface area (Å²) in [6.45, 7) is 1.53. The summed E-state index contributed by atoms with van der Waals surface area (Å²) in [7, 11) is 0. The molecule has 2 fully saturated rings. The fourth-order valence-electron chi connectivity index (χ4n) is 2.23. The summed E-state index contributed by atoms with van der Waals surface area (Å²) in [4.78, 5) is 13.6. The van der Waals surface area contributed by atoms with Gasteiger partial charge < -0.3 is 16.4 Å². The number of rotatable bonds is 2. The van der Waals surface area contributed by atoms with Crippen LogP contribution in [-0.4, -0.2) is 35.5 Å². The van der Waals surface area contributed by atoms with Crippen molar-refractivity contribution >= 4 is 5.91 Å². The molecular weight excluding hydrogens is 178 g/mol. The highest BCUT2D eigenvalue weighted by Crippen LogP contribution is 2.32. The highest BCUT2D eigenvalue weighted by molar-refractivity contribution is 5.78. The zero-order valence-electron chi connectivity index (χ0n) is 8.54. The molecule has 1 saturated heterocycles. The van der Waals surface area contributed by atoms with E-state index in [0.29, 0.717) is 6.42 Å². The third kappa shape index (κ3) is 1.91. The van der Waals surface area contributed by atoms with Gasteiger partial charge in [0.2, 0.25) is 5.91 Å². The van der Waals surface area contributed by atoms with Gasteiger partial charge in [-0.1, -0.05) is 0 Å². The quantitative estimate of drug-likeness (QED) is 0.645. The van der Waals surface area contributed by atoms with E-state index in [9.17, 15) is 4.79 Å². The van der Waals surface area contributed by atoms with Crippen molar-refractivity contribution in [3.8, 4) is 0 Å². The molecule has 1 aliphatic heterocycles. The van der Waals surface area contributed by atoms with Crippen molar-refractivity contribution in [1.82, 2.24) is 4.90 Å². The third-order valence-electron chi connectivity index (χ3n) is 3.43. The molecule has 0 aromatic rings. The van der Waals surface area contributed by atoms with Crippen molar-refractivity contribution in [2.45, 2.75) is 43.7 Å². The molecule has 80 valence electrons. The minimum Gasteiger partial charge on any atom is -0.341 e. The maximum Gasteiger partial charge on any atom is 0.224 e. The molecular formula is C10H19N3O. The summed E-state index contributed by atoms with van der Waals surface area (Å²) in [5.41, 5.74) is 11.6. The Balaban J connectivity index is 1.83. The highest BCUT2D eigenvalue weighted by Gasteiger charge is 2.36. The van der Waals surface area contributed by atoms with E-state index < -0.39 is 0 Å². The van der Waals surface area contributed by atoms with Crippen molar-refractivity contribution in [3.63, 3.8) is 0 Å². The van der Waals surface area contributed by atoms with Crippen LogP contribution < -0.4 is 11.5 Å². The van der Waals surface area contributed by atoms with Crippen LogP contribution in [-0.2, 0) is 4.79 Å². The Morgan fingerprint density at radius 1 is 1.50 bits per heavy atom. The molecule has 4 heteroatoms. The molecule has 1 saturated carbocycles. The molecule has 0 bridgehead atoms. The summed E-state index contributed by atoms with van der Waals surface area (Å²) < 4.78 is 0. The first-order valence-electron chi connectivity index (χ1n) is 5.41. The van der Waals surface area contributed by atoms with E-state index in [4.69, 9.17) is 11.5 Å². The van der Waals surface area contributed by atoms with Crippen LogP contribution in [0.5, 0.6) is 0 Å². The number of nitrogens with zero attached hydrogens (tertiary/aromatic N) is 1. The average molecular weight is 197 g/mol. The van der Waals surface area contributed by atoms with Crippen LogP contribution in [0.15, 0.2) is 0 Å². The van der Waals surface area contributed by atoms with Gasteiger partial charge in [-0.05, 0) is 25.7 Å². The lowest BCUT2D eigenvalue weighted by Gasteiger charge is -2.38. The second kappa shape index (κ2) is 3.51. The largest absolute Gasteiger partial charge is 0.341 e. The Bertz CT molecular complexity index is 238. The highest BCUT2D eigenvalue weighted by atomic mass is 16.2. The summed E-state index contributed by atoms with van der Waals surface area (Å²) in [5.74, 6) is 0.195. The lowest BCUT2D eigenvalue weighted by molar-refractivity contribution is -0.132. The molecule has 1 amide bonds. The van der Waals surface area contributed by atoms with Crippen LogP contribution in [0.4, 0.5) is 0 Å². The second-order valence-corrected chi connectivity index (χ2v) is 4.78. The smallest absolute Gasteiger partial charge is 0.224 e. The molecule has 0 radical (unpaired) electrons. The summed E-state index contributed by atoms with van der Waals surface area (Å²) in [5, 5.41) is 0. The molecule has 1 aliphatic carbocycles. The summed E-state index contributed by atoms with van der Waals surface area (Å²) in [6, 6.07) is 0.175. The maximum atomic E-state index is 11.8. The van der Waals surface area contributed by atoms with Gasteiger partial charge in [0.15, 0.2) is 0 Å². The van der Waals surface area contributed by atoms with E-state index in [2.05, 4.69) is 0 Å². The van der Waals surface area contributed by atoms with Gasteiger partial charge in [0.05, 0.1) is 0 Å². The van der Waals surface area contributed by atoms with Crippen LogP contribution in [0.3, 0.4) is 0 Å². The van der Waals surface area contributed by atoms with Gasteiger partial charge in [0.25, 0.3) is 0 Å². The van der Waals surface area contributed by atoms with Crippen molar-refractivity contribution in [2.75, 3.05) is 13.1 Å². The van der Waals surface area contributed by atoms with E-state index in [1.807, 2.05) is 4.90 Å². The summed E-state index contributed by atoms with van der Waals surface area (Å²) >= 11 is 0. The molecule has 4 N–H and O–H groups in total. The first kappa shape index (κ1) is 9.93. The molecule has 0 unspecified atom stereocenters. The first-order valence-corrected chi connectivity index (χ1v) is 5.41. The van der Waals surface area contributed by atoms with E-state index in [-0.39, 0.29) is 17.5 Å². The summed E-state index contributed by atoms with van der Waals surface area (Å²) in [6.07, 6.45) is 4.61. The molecule has 2 rings (SSSR count). The molecule has 2 aliphatic rings. The second-order valence-electron chi connectivity index (χ2n) is 4.78. The fraction of sp³-hybridized carbons (Fsp3) is 0.900. The average Bonchev–Trinajstić information content (AvgIpc) is 2.49. The number of hydrogen-bond donors (Lipinski definition) is 2. The predicted octanol–water partition coefficient (Wildman–Crippen LogP) is -0.183. The van der Waals surface area contributed by atoms with Crippen molar-refractivity contribution in [3.05, 3.63) is 0 Å². The Kier molecular flexibility index (Phi) is 2.49. The van der Waals surface area contributed by atoms with E-state index in [1.54, 1.807) is 0 Å². The molecule has 1 heterocycles. The Hall–Kier alpha value is -0.610. The van der Waals surface area contributed by atoms with Crippen molar-refractivity contribution < 1.29 is 4.79 Å². The zero-order chi connectivity index (χ0) is 10.2. The van der Waals surface area contributed by atoms with E-state index >= 15 is 0 Å². The van der Waals surface area contributed by atoms with E-state index in [0.717, 1.165) is 32.4 Å². The number of carbonyl (C=O) groups excluding carboxylic acids is 1. The molecule has 1 atom stereocenters. The fourth-order valence-corrected chi connectivity index (χ4v) is 2.23. The van der Waals surface area contributed by atoms with Gasteiger partial charge in [0, 0.05) is 31.1 Å². The van der Waals surface area contributed by atoms with Gasteiger partial charge >= 0.3 is 0 Å². The normalized spacial score (nSPS) is 30.1. The lowest BCUT2D eigenvalue weighted by atomic mass is 9.75. The molecule has 4 nitrogen and oxygen atoms in total. The number of likely N-dealkylation sites (tertiary alicyclic amines) is 1. The molecule has 0 aromatic heterocycles. The van der Waals surface area contributed by atoms with Gasteiger partial charge in [-0.2, -0.15) is 0 Å². The van der Waals surface area contributed by atoms with Crippen LogP contribution in [0, 0.1) is 0 Å². The third-order valence-corrected chi connectivity index (χ3v) is 3.43. The minimum atomic E-state index is -0.191. The molecule has 0 spiro atoms.